The van der Waals surface area contributed by atoms with Crippen LogP contribution in [0.25, 0.3) is 0 Å². The average molecular weight is 290 g/mol. The summed E-state index contributed by atoms with van der Waals surface area (Å²) >= 11 is 0. The van der Waals surface area contributed by atoms with Gasteiger partial charge in [-0.25, -0.2) is 0 Å². The summed E-state index contributed by atoms with van der Waals surface area (Å²) < 4.78 is 5.42. The van der Waals surface area contributed by atoms with Gasteiger partial charge in [-0.2, -0.15) is 0 Å². The highest BCUT2D eigenvalue weighted by Gasteiger charge is 2.36. The normalized spacial score (nSPS) is 16.0. The van der Waals surface area contributed by atoms with Crippen molar-refractivity contribution in [2.24, 2.45) is 0 Å². The number of imide groups is 1. The maximum atomic E-state index is 12.2. The number of anilines is 1. The molecule has 1 saturated heterocycles. The molecule has 1 N–H and O–H groups in total. The van der Waals surface area contributed by atoms with E-state index in [1.54, 1.807) is 31.2 Å². The Hall–Kier alpha value is -2.37. The lowest BCUT2D eigenvalue weighted by Crippen LogP contribution is -2.45. The molecule has 0 aliphatic carbocycles. The molecule has 1 aliphatic heterocycles. The number of likely N-dealkylation sites (tertiary alicyclic amines) is 1. The molecule has 1 aromatic carbocycles. The minimum absolute atomic E-state index is 0.173. The van der Waals surface area contributed by atoms with Crippen molar-refractivity contribution >= 4 is 23.4 Å². The van der Waals surface area contributed by atoms with Crippen LogP contribution in [0.1, 0.15) is 26.7 Å². The molecule has 0 saturated carbocycles. The first-order valence-corrected chi connectivity index (χ1v) is 6.92. The fourth-order valence-corrected chi connectivity index (χ4v) is 2.23. The van der Waals surface area contributed by atoms with Crippen molar-refractivity contribution in [3.8, 4) is 5.75 Å². The lowest BCUT2D eigenvalue weighted by atomic mass is 10.2. The van der Waals surface area contributed by atoms with Crippen LogP contribution < -0.4 is 10.1 Å². The molecule has 1 atom stereocenters. The molecule has 21 heavy (non-hydrogen) atoms. The van der Waals surface area contributed by atoms with Crippen molar-refractivity contribution in [2.45, 2.75) is 32.7 Å². The van der Waals surface area contributed by atoms with Crippen LogP contribution in [-0.4, -0.2) is 35.3 Å². The molecule has 0 spiro atoms. The van der Waals surface area contributed by atoms with Crippen molar-refractivity contribution in [1.29, 1.82) is 0 Å². The van der Waals surface area contributed by atoms with Crippen LogP contribution in [0.4, 0.5) is 5.69 Å². The molecular formula is C15H18N2O4. The summed E-state index contributed by atoms with van der Waals surface area (Å²) in [6.07, 6.45) is 0.345. The number of rotatable bonds is 5. The lowest BCUT2D eigenvalue weighted by Gasteiger charge is -2.22. The van der Waals surface area contributed by atoms with E-state index < -0.39 is 11.9 Å². The van der Waals surface area contributed by atoms with Crippen molar-refractivity contribution in [3.63, 3.8) is 0 Å². The van der Waals surface area contributed by atoms with Crippen LogP contribution in [0.2, 0.25) is 0 Å². The summed E-state index contributed by atoms with van der Waals surface area (Å²) in [5.41, 5.74) is 0.523. The molecule has 0 aromatic heterocycles. The zero-order valence-electron chi connectivity index (χ0n) is 12.1. The van der Waals surface area contributed by atoms with E-state index in [2.05, 4.69) is 5.32 Å². The van der Waals surface area contributed by atoms with Gasteiger partial charge in [0.25, 0.3) is 0 Å². The van der Waals surface area contributed by atoms with Gasteiger partial charge in [0, 0.05) is 12.8 Å². The molecule has 6 nitrogen and oxygen atoms in total. The lowest BCUT2D eigenvalue weighted by molar-refractivity contribution is -0.144. The second kappa shape index (κ2) is 6.39. The molecule has 3 amide bonds. The molecule has 6 heteroatoms. The van der Waals surface area contributed by atoms with Gasteiger partial charge in [0.1, 0.15) is 11.8 Å². The number of nitrogens with one attached hydrogen (secondary N) is 1. The molecule has 0 radical (unpaired) electrons. The fourth-order valence-electron chi connectivity index (χ4n) is 2.23. The topological polar surface area (TPSA) is 75.7 Å². The third kappa shape index (κ3) is 3.21. The SMILES string of the molecule is CCOc1ccccc1NC(=O)[C@@H](C)N1C(=O)CCC1=O. The number of amides is 3. The van der Waals surface area contributed by atoms with Crippen molar-refractivity contribution < 1.29 is 19.1 Å². The second-order valence-corrected chi connectivity index (χ2v) is 4.75. The number of ether oxygens (including phenoxy) is 1. The Balaban J connectivity index is 2.11. The van der Waals surface area contributed by atoms with Gasteiger partial charge in [-0.15, -0.1) is 0 Å². The molecular weight excluding hydrogens is 272 g/mol. The van der Waals surface area contributed by atoms with E-state index >= 15 is 0 Å². The Bertz CT molecular complexity index is 555. The van der Waals surface area contributed by atoms with E-state index in [1.807, 2.05) is 6.92 Å². The van der Waals surface area contributed by atoms with E-state index in [0.717, 1.165) is 4.90 Å². The van der Waals surface area contributed by atoms with Crippen LogP contribution in [0.3, 0.4) is 0 Å². The summed E-state index contributed by atoms with van der Waals surface area (Å²) in [5.74, 6) is -0.466. The summed E-state index contributed by atoms with van der Waals surface area (Å²) in [5, 5.41) is 2.70. The highest BCUT2D eigenvalue weighted by Crippen LogP contribution is 2.24. The molecule has 112 valence electrons. The highest BCUT2D eigenvalue weighted by atomic mass is 16.5. The van der Waals surface area contributed by atoms with Crippen molar-refractivity contribution in [2.75, 3.05) is 11.9 Å². The van der Waals surface area contributed by atoms with Gasteiger partial charge >= 0.3 is 0 Å². The first kappa shape index (κ1) is 15.0. The van der Waals surface area contributed by atoms with E-state index in [9.17, 15) is 14.4 Å². The smallest absolute Gasteiger partial charge is 0.247 e. The molecule has 1 fully saturated rings. The zero-order valence-corrected chi connectivity index (χ0v) is 12.1. The maximum Gasteiger partial charge on any atom is 0.247 e. The number of carbonyl (C=O) groups is 3. The minimum Gasteiger partial charge on any atom is -0.492 e. The van der Waals surface area contributed by atoms with E-state index in [0.29, 0.717) is 18.0 Å². The van der Waals surface area contributed by atoms with Crippen molar-refractivity contribution in [1.82, 2.24) is 4.90 Å². The van der Waals surface area contributed by atoms with Crippen LogP contribution in [-0.2, 0) is 14.4 Å². The third-order valence-corrected chi connectivity index (χ3v) is 3.30. The van der Waals surface area contributed by atoms with Gasteiger partial charge in [0.05, 0.1) is 12.3 Å². The number of carbonyl (C=O) groups excluding carboxylic acids is 3. The Morgan fingerprint density at radius 1 is 1.29 bits per heavy atom. The number of para-hydroxylation sites is 2. The van der Waals surface area contributed by atoms with E-state index in [4.69, 9.17) is 4.74 Å². The standard InChI is InChI=1S/C15H18N2O4/c1-3-21-12-7-5-4-6-11(12)16-15(20)10(2)17-13(18)8-9-14(17)19/h4-7,10H,3,8-9H2,1-2H3,(H,16,20)/t10-/m1/s1. The van der Waals surface area contributed by atoms with E-state index in [-0.39, 0.29) is 24.7 Å². The van der Waals surface area contributed by atoms with Gasteiger partial charge < -0.3 is 10.1 Å². The first-order chi connectivity index (χ1) is 10.0. The molecule has 2 rings (SSSR count). The predicted molar refractivity (Wildman–Crippen MR) is 76.8 cm³/mol. The van der Waals surface area contributed by atoms with Gasteiger partial charge in [-0.3, -0.25) is 19.3 Å². The molecule has 1 aliphatic rings. The van der Waals surface area contributed by atoms with Crippen LogP contribution in [0, 0.1) is 0 Å². The Morgan fingerprint density at radius 3 is 2.52 bits per heavy atom. The number of benzene rings is 1. The number of hydrogen-bond acceptors (Lipinski definition) is 4. The average Bonchev–Trinajstić information content (AvgIpc) is 2.80. The van der Waals surface area contributed by atoms with E-state index in [1.165, 1.54) is 0 Å². The molecule has 0 unspecified atom stereocenters. The van der Waals surface area contributed by atoms with Crippen molar-refractivity contribution in [3.05, 3.63) is 24.3 Å². The van der Waals surface area contributed by atoms with Crippen LogP contribution >= 0.6 is 0 Å². The Kier molecular flexibility index (Phi) is 4.57. The quantitative estimate of drug-likeness (QED) is 0.835. The Morgan fingerprint density at radius 2 is 1.90 bits per heavy atom. The van der Waals surface area contributed by atoms with Gasteiger partial charge in [-0.05, 0) is 26.0 Å². The molecule has 1 heterocycles. The highest BCUT2D eigenvalue weighted by molar-refractivity contribution is 6.07. The minimum atomic E-state index is -0.831. The fraction of sp³-hybridized carbons (Fsp3) is 0.400. The summed E-state index contributed by atoms with van der Waals surface area (Å²) in [7, 11) is 0. The van der Waals surface area contributed by atoms with Crippen LogP contribution in [0.15, 0.2) is 24.3 Å². The zero-order chi connectivity index (χ0) is 15.4. The maximum absolute atomic E-state index is 12.2. The summed E-state index contributed by atoms with van der Waals surface area (Å²) in [6, 6.07) is 6.20. The number of nitrogens with zero attached hydrogens (tertiary/aromatic N) is 1. The monoisotopic (exact) mass is 290 g/mol. The predicted octanol–water partition coefficient (Wildman–Crippen LogP) is 1.56. The molecule has 1 aromatic rings. The third-order valence-electron chi connectivity index (χ3n) is 3.30. The first-order valence-electron chi connectivity index (χ1n) is 6.92. The van der Waals surface area contributed by atoms with Gasteiger partial charge in [0.2, 0.25) is 17.7 Å². The summed E-state index contributed by atoms with van der Waals surface area (Å²) in [6.45, 7) is 3.87. The van der Waals surface area contributed by atoms with Crippen LogP contribution in [0.5, 0.6) is 5.75 Å². The summed E-state index contributed by atoms with van der Waals surface area (Å²) in [4.78, 5) is 36.6. The second-order valence-electron chi connectivity index (χ2n) is 4.75. The van der Waals surface area contributed by atoms with Gasteiger partial charge in [0.15, 0.2) is 0 Å². The molecule has 0 bridgehead atoms. The largest absolute Gasteiger partial charge is 0.492 e. The number of hydrogen-bond donors (Lipinski definition) is 1. The van der Waals surface area contributed by atoms with Gasteiger partial charge in [-0.1, -0.05) is 12.1 Å². The Labute approximate surface area is 123 Å².